The smallest absolute Gasteiger partial charge is 0.329 e. The number of ether oxygens (including phenoxy) is 2. The fraction of sp³-hybridized carbons (Fsp3) is 0.533. The second kappa shape index (κ2) is 5.32. The Balaban J connectivity index is 2.27. The third-order valence-corrected chi connectivity index (χ3v) is 3.61. The first kappa shape index (κ1) is 14.7. The summed E-state index contributed by atoms with van der Waals surface area (Å²) in [7, 11) is 1.59. The first-order valence-corrected chi connectivity index (χ1v) is 6.66. The lowest BCUT2D eigenvalue weighted by molar-refractivity contribution is -0.152. The van der Waals surface area contributed by atoms with Crippen molar-refractivity contribution in [3.05, 3.63) is 24.3 Å². The SMILES string of the molecule is COc1cccc(NC2(C(=O)O)CCOC(C)(C)C2)c1. The molecular formula is C15H21NO4. The average Bonchev–Trinajstić information content (AvgIpc) is 2.37. The van der Waals surface area contributed by atoms with Crippen LogP contribution in [0.4, 0.5) is 5.69 Å². The van der Waals surface area contributed by atoms with Crippen molar-refractivity contribution in [3.63, 3.8) is 0 Å². The molecule has 1 unspecified atom stereocenters. The molecule has 0 bridgehead atoms. The molecule has 0 saturated carbocycles. The highest BCUT2D eigenvalue weighted by molar-refractivity contribution is 5.83. The van der Waals surface area contributed by atoms with Crippen molar-refractivity contribution in [2.24, 2.45) is 0 Å². The van der Waals surface area contributed by atoms with Crippen LogP contribution < -0.4 is 10.1 Å². The van der Waals surface area contributed by atoms with Gasteiger partial charge < -0.3 is 19.9 Å². The Morgan fingerprint density at radius 1 is 1.45 bits per heavy atom. The van der Waals surface area contributed by atoms with Crippen LogP contribution in [-0.2, 0) is 9.53 Å². The lowest BCUT2D eigenvalue weighted by Gasteiger charge is -2.43. The van der Waals surface area contributed by atoms with Crippen LogP contribution in [0.5, 0.6) is 5.75 Å². The molecule has 1 aliphatic rings. The summed E-state index contributed by atoms with van der Waals surface area (Å²) in [6.07, 6.45) is 0.843. The van der Waals surface area contributed by atoms with Crippen LogP contribution in [0, 0.1) is 0 Å². The molecule has 2 rings (SSSR count). The predicted octanol–water partition coefficient (Wildman–Crippen LogP) is 2.52. The van der Waals surface area contributed by atoms with Gasteiger partial charge in [0, 0.05) is 24.6 Å². The van der Waals surface area contributed by atoms with E-state index >= 15 is 0 Å². The van der Waals surface area contributed by atoms with Crippen molar-refractivity contribution in [3.8, 4) is 5.75 Å². The highest BCUT2D eigenvalue weighted by Crippen LogP contribution is 2.35. The standard InChI is InChI=1S/C15H21NO4/c1-14(2)10-15(13(17)18,7-8-20-14)16-11-5-4-6-12(9-11)19-3/h4-6,9,16H,7-8,10H2,1-3H3,(H,17,18). The first-order chi connectivity index (χ1) is 9.37. The van der Waals surface area contributed by atoms with E-state index in [1.54, 1.807) is 13.2 Å². The van der Waals surface area contributed by atoms with Crippen LogP contribution in [0.3, 0.4) is 0 Å². The van der Waals surface area contributed by atoms with E-state index in [4.69, 9.17) is 9.47 Å². The van der Waals surface area contributed by atoms with E-state index in [1.807, 2.05) is 32.0 Å². The minimum absolute atomic E-state index is 0.409. The zero-order chi connectivity index (χ0) is 14.8. The third kappa shape index (κ3) is 3.04. The number of carbonyl (C=O) groups is 1. The summed E-state index contributed by atoms with van der Waals surface area (Å²) in [5.74, 6) is -0.154. The first-order valence-electron chi connectivity index (χ1n) is 6.66. The number of anilines is 1. The molecule has 0 spiro atoms. The van der Waals surface area contributed by atoms with Gasteiger partial charge in [0.2, 0.25) is 0 Å². The molecule has 2 N–H and O–H groups in total. The van der Waals surface area contributed by atoms with Gasteiger partial charge in [-0.15, -0.1) is 0 Å². The van der Waals surface area contributed by atoms with Crippen molar-refractivity contribution in [1.82, 2.24) is 0 Å². The number of nitrogens with one attached hydrogen (secondary N) is 1. The monoisotopic (exact) mass is 279 g/mol. The summed E-state index contributed by atoms with van der Waals surface area (Å²) in [6.45, 7) is 4.25. The van der Waals surface area contributed by atoms with E-state index in [-0.39, 0.29) is 0 Å². The highest BCUT2D eigenvalue weighted by Gasteiger charge is 2.46. The molecule has 1 aromatic rings. The van der Waals surface area contributed by atoms with Gasteiger partial charge in [-0.25, -0.2) is 4.79 Å². The molecule has 110 valence electrons. The lowest BCUT2D eigenvalue weighted by Crippen LogP contribution is -2.55. The minimum atomic E-state index is -1.01. The normalized spacial score (nSPS) is 24.9. The van der Waals surface area contributed by atoms with Crippen LogP contribution >= 0.6 is 0 Å². The molecule has 0 amide bonds. The molecule has 0 aromatic heterocycles. The molecule has 20 heavy (non-hydrogen) atoms. The van der Waals surface area contributed by atoms with Gasteiger partial charge in [0.05, 0.1) is 19.3 Å². The number of rotatable bonds is 4. The largest absolute Gasteiger partial charge is 0.497 e. The fourth-order valence-electron chi connectivity index (χ4n) is 2.69. The molecule has 1 aliphatic heterocycles. The summed E-state index contributed by atoms with van der Waals surface area (Å²) in [5.41, 5.74) is -0.721. The molecule has 0 aliphatic carbocycles. The molecule has 1 fully saturated rings. The lowest BCUT2D eigenvalue weighted by atomic mass is 9.81. The Morgan fingerprint density at radius 3 is 2.80 bits per heavy atom. The molecule has 1 heterocycles. The Bertz CT molecular complexity index is 500. The summed E-state index contributed by atoms with van der Waals surface area (Å²) < 4.78 is 10.8. The van der Waals surface area contributed by atoms with E-state index in [9.17, 15) is 9.90 Å². The molecular weight excluding hydrogens is 258 g/mol. The topological polar surface area (TPSA) is 67.8 Å². The van der Waals surface area contributed by atoms with Crippen molar-refractivity contribution in [2.75, 3.05) is 19.0 Å². The molecule has 1 aromatic carbocycles. The van der Waals surface area contributed by atoms with Gasteiger partial charge in [-0.2, -0.15) is 0 Å². The van der Waals surface area contributed by atoms with Crippen molar-refractivity contribution >= 4 is 11.7 Å². The van der Waals surface area contributed by atoms with Gasteiger partial charge >= 0.3 is 5.97 Å². The van der Waals surface area contributed by atoms with Gasteiger partial charge in [-0.3, -0.25) is 0 Å². The quantitative estimate of drug-likeness (QED) is 0.886. The van der Waals surface area contributed by atoms with Gasteiger partial charge in [0.15, 0.2) is 0 Å². The maximum Gasteiger partial charge on any atom is 0.329 e. The van der Waals surface area contributed by atoms with E-state index in [2.05, 4.69) is 5.32 Å². The molecule has 5 heteroatoms. The predicted molar refractivity (Wildman–Crippen MR) is 76.2 cm³/mol. The molecule has 1 saturated heterocycles. The van der Waals surface area contributed by atoms with Crippen LogP contribution in [0.2, 0.25) is 0 Å². The number of hydrogen-bond acceptors (Lipinski definition) is 4. The summed E-state index contributed by atoms with van der Waals surface area (Å²) in [4.78, 5) is 11.8. The van der Waals surface area contributed by atoms with Gasteiger partial charge in [-0.05, 0) is 26.0 Å². The van der Waals surface area contributed by atoms with E-state index < -0.39 is 17.1 Å². The Labute approximate surface area is 118 Å². The van der Waals surface area contributed by atoms with Crippen LogP contribution in [0.15, 0.2) is 24.3 Å². The van der Waals surface area contributed by atoms with Crippen LogP contribution in [0.1, 0.15) is 26.7 Å². The number of carboxylic acid groups (broad SMARTS) is 1. The number of benzene rings is 1. The average molecular weight is 279 g/mol. The molecule has 5 nitrogen and oxygen atoms in total. The second-order valence-electron chi connectivity index (χ2n) is 5.78. The second-order valence-corrected chi connectivity index (χ2v) is 5.78. The Hall–Kier alpha value is -1.75. The van der Waals surface area contributed by atoms with Gasteiger partial charge in [0.1, 0.15) is 11.3 Å². The van der Waals surface area contributed by atoms with Crippen molar-refractivity contribution in [2.45, 2.75) is 37.8 Å². The maximum atomic E-state index is 11.8. The number of methoxy groups -OCH3 is 1. The fourth-order valence-corrected chi connectivity index (χ4v) is 2.69. The minimum Gasteiger partial charge on any atom is -0.497 e. The summed E-state index contributed by atoms with van der Waals surface area (Å²) in [6, 6.07) is 7.30. The van der Waals surface area contributed by atoms with Crippen LogP contribution in [-0.4, -0.2) is 35.9 Å². The van der Waals surface area contributed by atoms with Crippen LogP contribution in [0.25, 0.3) is 0 Å². The maximum absolute atomic E-state index is 11.8. The highest BCUT2D eigenvalue weighted by atomic mass is 16.5. The Morgan fingerprint density at radius 2 is 2.20 bits per heavy atom. The van der Waals surface area contributed by atoms with Crippen molar-refractivity contribution in [1.29, 1.82) is 0 Å². The van der Waals surface area contributed by atoms with E-state index in [0.717, 1.165) is 5.69 Å². The summed E-state index contributed by atoms with van der Waals surface area (Å²) in [5, 5.41) is 12.8. The van der Waals surface area contributed by atoms with E-state index in [1.165, 1.54) is 0 Å². The van der Waals surface area contributed by atoms with Gasteiger partial charge in [0.25, 0.3) is 0 Å². The summed E-state index contributed by atoms with van der Waals surface area (Å²) >= 11 is 0. The number of hydrogen-bond donors (Lipinski definition) is 2. The third-order valence-electron chi connectivity index (χ3n) is 3.61. The molecule has 1 atom stereocenters. The Kier molecular flexibility index (Phi) is 3.90. The number of aliphatic carboxylic acids is 1. The number of carboxylic acids is 1. The molecule has 0 radical (unpaired) electrons. The zero-order valence-corrected chi connectivity index (χ0v) is 12.1. The van der Waals surface area contributed by atoms with Gasteiger partial charge in [-0.1, -0.05) is 6.07 Å². The van der Waals surface area contributed by atoms with E-state index in [0.29, 0.717) is 25.2 Å². The van der Waals surface area contributed by atoms with Crippen molar-refractivity contribution < 1.29 is 19.4 Å². The zero-order valence-electron chi connectivity index (χ0n) is 12.1.